The second-order valence-corrected chi connectivity index (χ2v) is 4.18. The van der Waals surface area contributed by atoms with Crippen molar-refractivity contribution in [2.45, 2.75) is 38.3 Å². The monoisotopic (exact) mass is 231 g/mol. The molecule has 96 valence electrons. The number of hydrogen-bond donors (Lipinski definition) is 1. The van der Waals surface area contributed by atoms with Gasteiger partial charge in [0.05, 0.1) is 19.3 Å². The van der Waals surface area contributed by atoms with Crippen LogP contribution in [0.15, 0.2) is 0 Å². The normalized spacial score (nSPS) is 24.4. The summed E-state index contributed by atoms with van der Waals surface area (Å²) in [5.41, 5.74) is 0. The van der Waals surface area contributed by atoms with Crippen LogP contribution < -0.4 is 5.32 Å². The summed E-state index contributed by atoms with van der Waals surface area (Å²) in [4.78, 5) is 0. The van der Waals surface area contributed by atoms with E-state index in [1.165, 1.54) is 12.8 Å². The van der Waals surface area contributed by atoms with Gasteiger partial charge in [0, 0.05) is 26.4 Å². The van der Waals surface area contributed by atoms with Gasteiger partial charge in [0.2, 0.25) is 0 Å². The van der Waals surface area contributed by atoms with Gasteiger partial charge >= 0.3 is 0 Å². The minimum atomic E-state index is 0.475. The summed E-state index contributed by atoms with van der Waals surface area (Å²) in [6.07, 6.45) is 3.78. The fraction of sp³-hybridized carbons (Fsp3) is 1.00. The molecule has 1 rings (SSSR count). The van der Waals surface area contributed by atoms with Crippen molar-refractivity contribution < 1.29 is 14.2 Å². The van der Waals surface area contributed by atoms with Crippen molar-refractivity contribution in [2.24, 2.45) is 0 Å². The van der Waals surface area contributed by atoms with E-state index in [1.54, 1.807) is 7.11 Å². The van der Waals surface area contributed by atoms with Gasteiger partial charge in [0.25, 0.3) is 0 Å². The molecular weight excluding hydrogens is 206 g/mol. The maximum Gasteiger partial charge on any atom is 0.0700 e. The van der Waals surface area contributed by atoms with Crippen molar-refractivity contribution in [3.05, 3.63) is 0 Å². The fourth-order valence-corrected chi connectivity index (χ4v) is 1.81. The summed E-state index contributed by atoms with van der Waals surface area (Å²) in [6.45, 7) is 6.15. The van der Waals surface area contributed by atoms with Crippen LogP contribution in [-0.2, 0) is 14.2 Å². The first-order chi connectivity index (χ1) is 7.86. The Bertz CT molecular complexity index is 160. The van der Waals surface area contributed by atoms with Gasteiger partial charge in [-0.1, -0.05) is 6.92 Å². The molecule has 0 atom stereocenters. The van der Waals surface area contributed by atoms with E-state index in [-0.39, 0.29) is 0 Å². The van der Waals surface area contributed by atoms with Gasteiger partial charge in [-0.3, -0.25) is 0 Å². The maximum atomic E-state index is 5.71. The summed E-state index contributed by atoms with van der Waals surface area (Å²) in [5, 5.41) is 3.42. The summed E-state index contributed by atoms with van der Waals surface area (Å²) < 4.78 is 15.9. The molecule has 16 heavy (non-hydrogen) atoms. The molecule has 4 nitrogen and oxygen atoms in total. The van der Waals surface area contributed by atoms with Crippen molar-refractivity contribution in [3.8, 4) is 0 Å². The van der Waals surface area contributed by atoms with Crippen LogP contribution in [0, 0.1) is 0 Å². The number of rotatable bonds is 10. The largest absolute Gasteiger partial charge is 0.382 e. The average molecular weight is 231 g/mol. The third-order valence-electron chi connectivity index (χ3n) is 2.81. The Labute approximate surface area is 98.6 Å². The predicted octanol–water partition coefficient (Wildman–Crippen LogP) is 1.20. The molecule has 1 aliphatic carbocycles. The Hall–Kier alpha value is -0.160. The molecule has 0 aliphatic heterocycles. The highest BCUT2D eigenvalue weighted by atomic mass is 16.5. The molecule has 1 fully saturated rings. The first kappa shape index (κ1) is 13.9. The Morgan fingerprint density at radius 2 is 1.94 bits per heavy atom. The van der Waals surface area contributed by atoms with Gasteiger partial charge in [-0.2, -0.15) is 0 Å². The number of methoxy groups -OCH3 is 1. The molecule has 0 unspecified atom stereocenters. The molecule has 1 saturated carbocycles. The minimum Gasteiger partial charge on any atom is -0.382 e. The molecule has 0 aromatic rings. The van der Waals surface area contributed by atoms with Crippen LogP contribution in [0.2, 0.25) is 0 Å². The standard InChI is InChI=1S/C12H25NO3/c1-3-13-11-9-12(10-11)16-6-4-5-15-8-7-14-2/h11-13H,3-10H2,1-2H3. The Morgan fingerprint density at radius 1 is 1.12 bits per heavy atom. The smallest absolute Gasteiger partial charge is 0.0700 e. The molecule has 1 aliphatic rings. The van der Waals surface area contributed by atoms with E-state index in [2.05, 4.69) is 12.2 Å². The van der Waals surface area contributed by atoms with Gasteiger partial charge < -0.3 is 19.5 Å². The van der Waals surface area contributed by atoms with Crippen molar-refractivity contribution in [3.63, 3.8) is 0 Å². The van der Waals surface area contributed by atoms with Crippen LogP contribution in [-0.4, -0.2) is 52.2 Å². The Kier molecular flexibility index (Phi) is 7.76. The number of hydrogen-bond acceptors (Lipinski definition) is 4. The van der Waals surface area contributed by atoms with E-state index < -0.39 is 0 Å². The molecule has 0 bridgehead atoms. The van der Waals surface area contributed by atoms with E-state index in [4.69, 9.17) is 14.2 Å². The van der Waals surface area contributed by atoms with Crippen LogP contribution >= 0.6 is 0 Å². The highest BCUT2D eigenvalue weighted by molar-refractivity contribution is 4.85. The summed E-state index contributed by atoms with van der Waals surface area (Å²) >= 11 is 0. The summed E-state index contributed by atoms with van der Waals surface area (Å²) in [6, 6.07) is 0.688. The molecule has 0 heterocycles. The molecule has 0 radical (unpaired) electrons. The third kappa shape index (κ3) is 5.80. The second kappa shape index (κ2) is 8.93. The van der Waals surface area contributed by atoms with Gasteiger partial charge in [-0.05, 0) is 25.8 Å². The number of ether oxygens (including phenoxy) is 3. The third-order valence-corrected chi connectivity index (χ3v) is 2.81. The van der Waals surface area contributed by atoms with E-state index in [0.717, 1.165) is 26.2 Å². The van der Waals surface area contributed by atoms with Crippen LogP contribution in [0.1, 0.15) is 26.2 Å². The van der Waals surface area contributed by atoms with E-state index in [0.29, 0.717) is 25.4 Å². The Morgan fingerprint density at radius 3 is 2.62 bits per heavy atom. The quantitative estimate of drug-likeness (QED) is 0.573. The molecule has 4 heteroatoms. The van der Waals surface area contributed by atoms with E-state index in [1.807, 2.05) is 0 Å². The van der Waals surface area contributed by atoms with Crippen LogP contribution in [0.25, 0.3) is 0 Å². The predicted molar refractivity (Wildman–Crippen MR) is 63.8 cm³/mol. The van der Waals surface area contributed by atoms with Crippen molar-refractivity contribution in [1.29, 1.82) is 0 Å². The summed E-state index contributed by atoms with van der Waals surface area (Å²) in [5.74, 6) is 0. The Balaban J connectivity index is 1.76. The SMILES string of the molecule is CCNC1CC(OCCCOCCOC)C1. The van der Waals surface area contributed by atoms with Crippen molar-refractivity contribution in [2.75, 3.05) is 40.1 Å². The molecule has 1 N–H and O–H groups in total. The fourth-order valence-electron chi connectivity index (χ4n) is 1.81. The van der Waals surface area contributed by atoms with Crippen LogP contribution in [0.5, 0.6) is 0 Å². The van der Waals surface area contributed by atoms with Gasteiger partial charge in [-0.25, -0.2) is 0 Å². The zero-order valence-corrected chi connectivity index (χ0v) is 10.5. The van der Waals surface area contributed by atoms with Crippen molar-refractivity contribution >= 4 is 0 Å². The second-order valence-electron chi connectivity index (χ2n) is 4.18. The van der Waals surface area contributed by atoms with E-state index in [9.17, 15) is 0 Å². The summed E-state index contributed by atoms with van der Waals surface area (Å²) in [7, 11) is 1.68. The highest BCUT2D eigenvalue weighted by Gasteiger charge is 2.28. The molecule has 0 amide bonds. The highest BCUT2D eigenvalue weighted by Crippen LogP contribution is 2.23. The zero-order chi connectivity index (χ0) is 11.6. The maximum absolute atomic E-state index is 5.71. The zero-order valence-electron chi connectivity index (χ0n) is 10.5. The first-order valence-electron chi connectivity index (χ1n) is 6.28. The van der Waals surface area contributed by atoms with Gasteiger partial charge in [0.15, 0.2) is 0 Å². The van der Waals surface area contributed by atoms with Crippen LogP contribution in [0.4, 0.5) is 0 Å². The van der Waals surface area contributed by atoms with E-state index >= 15 is 0 Å². The molecule has 0 aromatic heterocycles. The lowest BCUT2D eigenvalue weighted by molar-refractivity contribution is -0.0262. The molecule has 0 saturated heterocycles. The van der Waals surface area contributed by atoms with Gasteiger partial charge in [-0.15, -0.1) is 0 Å². The van der Waals surface area contributed by atoms with Crippen molar-refractivity contribution in [1.82, 2.24) is 5.32 Å². The lowest BCUT2D eigenvalue weighted by Crippen LogP contribution is -2.45. The molecular formula is C12H25NO3. The first-order valence-corrected chi connectivity index (χ1v) is 6.28. The number of nitrogens with one attached hydrogen (secondary N) is 1. The van der Waals surface area contributed by atoms with Gasteiger partial charge in [0.1, 0.15) is 0 Å². The molecule has 0 aromatic carbocycles. The van der Waals surface area contributed by atoms with Crippen LogP contribution in [0.3, 0.4) is 0 Å². The average Bonchev–Trinajstić information content (AvgIpc) is 2.24. The lowest BCUT2D eigenvalue weighted by Gasteiger charge is -2.35. The minimum absolute atomic E-state index is 0.475. The topological polar surface area (TPSA) is 39.7 Å². The lowest BCUT2D eigenvalue weighted by atomic mass is 9.89. The molecule has 0 spiro atoms.